The van der Waals surface area contributed by atoms with E-state index >= 15 is 0 Å². The zero-order chi connectivity index (χ0) is 14.5. The lowest BCUT2D eigenvalue weighted by Crippen LogP contribution is -2.32. The van der Waals surface area contributed by atoms with Crippen LogP contribution < -0.4 is 5.32 Å². The number of carbonyl (C=O) groups excluding carboxylic acids is 1. The number of hydrogen-bond acceptors (Lipinski definition) is 1. The van der Waals surface area contributed by atoms with Gasteiger partial charge in [-0.05, 0) is 24.6 Å². The fraction of sp³-hybridized carbons (Fsp3) is 0.188. The summed E-state index contributed by atoms with van der Waals surface area (Å²) in [6.45, 7) is 1.97. The first-order valence-corrected chi connectivity index (χ1v) is 7.16. The second-order valence-corrected chi connectivity index (χ2v) is 5.73. The predicted molar refractivity (Wildman–Crippen MR) is 83.3 cm³/mol. The van der Waals surface area contributed by atoms with Crippen molar-refractivity contribution in [1.29, 1.82) is 0 Å². The highest BCUT2D eigenvalue weighted by molar-refractivity contribution is 6.44. The highest BCUT2D eigenvalue weighted by Crippen LogP contribution is 2.24. The summed E-state index contributed by atoms with van der Waals surface area (Å²) in [5.41, 5.74) is 2.57. The van der Waals surface area contributed by atoms with Crippen LogP contribution in [0.4, 0.5) is 0 Å². The minimum absolute atomic E-state index is 0.190. The Morgan fingerprint density at radius 2 is 1.60 bits per heavy atom. The Hall–Kier alpha value is -1.51. The molecule has 0 aliphatic rings. The van der Waals surface area contributed by atoms with E-state index < -0.39 is 10.9 Å². The molecule has 0 aliphatic heterocycles. The van der Waals surface area contributed by atoms with Crippen molar-refractivity contribution in [2.45, 2.75) is 17.8 Å². The van der Waals surface area contributed by atoms with Crippen LogP contribution in [0.25, 0.3) is 0 Å². The molecule has 2 aromatic carbocycles. The third-order valence-electron chi connectivity index (χ3n) is 3.01. The number of hydrogen-bond donors (Lipinski definition) is 1. The Balaban J connectivity index is 2.17. The van der Waals surface area contributed by atoms with Gasteiger partial charge >= 0.3 is 0 Å². The Morgan fingerprint density at radius 1 is 1.00 bits per heavy atom. The lowest BCUT2D eigenvalue weighted by atomic mass is 10.1. The van der Waals surface area contributed by atoms with Crippen LogP contribution in [0, 0.1) is 6.92 Å². The molecule has 0 heterocycles. The highest BCUT2D eigenvalue weighted by atomic mass is 35.5. The maximum absolute atomic E-state index is 12.2. The topological polar surface area (TPSA) is 29.1 Å². The second-order valence-electron chi connectivity index (χ2n) is 4.56. The van der Waals surface area contributed by atoms with E-state index in [1.54, 1.807) is 12.1 Å². The van der Waals surface area contributed by atoms with Crippen LogP contribution in [0.2, 0.25) is 0 Å². The van der Waals surface area contributed by atoms with E-state index in [1.807, 2.05) is 49.4 Å². The van der Waals surface area contributed by atoms with Gasteiger partial charge in [0, 0.05) is 5.56 Å². The van der Waals surface area contributed by atoms with Crippen LogP contribution in [-0.4, -0.2) is 10.7 Å². The van der Waals surface area contributed by atoms with Crippen molar-refractivity contribution in [3.8, 4) is 0 Å². The molecule has 104 valence electrons. The standard InChI is InChI=1S/C16H15Cl2NO/c1-11-7-9-13(10-8-11)16(20)19-14(15(17)18)12-5-3-2-4-6-12/h2-10,14-15H,1H3,(H,19,20)/t14-/m1/s1. The van der Waals surface area contributed by atoms with Crippen LogP contribution in [-0.2, 0) is 0 Å². The number of aryl methyl sites for hydroxylation is 1. The van der Waals surface area contributed by atoms with E-state index in [0.717, 1.165) is 11.1 Å². The molecule has 0 spiro atoms. The van der Waals surface area contributed by atoms with E-state index in [9.17, 15) is 4.79 Å². The van der Waals surface area contributed by atoms with Gasteiger partial charge in [0.15, 0.2) is 0 Å². The van der Waals surface area contributed by atoms with E-state index in [2.05, 4.69) is 5.32 Å². The number of amides is 1. The van der Waals surface area contributed by atoms with Gasteiger partial charge in [0.05, 0.1) is 6.04 Å². The lowest BCUT2D eigenvalue weighted by molar-refractivity contribution is 0.0939. The number of rotatable bonds is 4. The number of carbonyl (C=O) groups is 1. The molecule has 0 aromatic heterocycles. The molecule has 0 saturated heterocycles. The Kier molecular flexibility index (Phi) is 5.05. The normalized spacial score (nSPS) is 12.2. The van der Waals surface area contributed by atoms with Crippen LogP contribution in [0.1, 0.15) is 27.5 Å². The fourth-order valence-corrected chi connectivity index (χ4v) is 2.30. The molecular weight excluding hydrogens is 293 g/mol. The van der Waals surface area contributed by atoms with Crippen LogP contribution in [0.3, 0.4) is 0 Å². The Bertz CT molecular complexity index is 567. The Morgan fingerprint density at radius 3 is 2.15 bits per heavy atom. The monoisotopic (exact) mass is 307 g/mol. The minimum atomic E-state index is -0.716. The third-order valence-corrected chi connectivity index (χ3v) is 3.51. The number of halogens is 2. The number of alkyl halides is 2. The number of benzene rings is 2. The summed E-state index contributed by atoms with van der Waals surface area (Å²) in [7, 11) is 0. The molecule has 1 amide bonds. The molecule has 20 heavy (non-hydrogen) atoms. The smallest absolute Gasteiger partial charge is 0.251 e. The minimum Gasteiger partial charge on any atom is -0.342 e. The third kappa shape index (κ3) is 3.75. The summed E-state index contributed by atoms with van der Waals surface area (Å²) >= 11 is 12.0. The van der Waals surface area contributed by atoms with Crippen LogP contribution in [0.15, 0.2) is 54.6 Å². The molecule has 1 N–H and O–H groups in total. The molecular formula is C16H15Cl2NO. The highest BCUT2D eigenvalue weighted by Gasteiger charge is 2.21. The van der Waals surface area contributed by atoms with E-state index in [-0.39, 0.29) is 5.91 Å². The largest absolute Gasteiger partial charge is 0.342 e. The molecule has 4 heteroatoms. The fourth-order valence-electron chi connectivity index (χ4n) is 1.88. The van der Waals surface area contributed by atoms with Crippen molar-refractivity contribution >= 4 is 29.1 Å². The summed E-state index contributed by atoms with van der Waals surface area (Å²) < 4.78 is 0. The van der Waals surface area contributed by atoms with Crippen molar-refractivity contribution in [3.63, 3.8) is 0 Å². The maximum Gasteiger partial charge on any atom is 0.251 e. The van der Waals surface area contributed by atoms with Gasteiger partial charge in [-0.15, -0.1) is 23.2 Å². The van der Waals surface area contributed by atoms with E-state index in [1.165, 1.54) is 0 Å². The SMILES string of the molecule is Cc1ccc(C(=O)N[C@H](c2ccccc2)C(Cl)Cl)cc1. The van der Waals surface area contributed by atoms with Gasteiger partial charge in [-0.2, -0.15) is 0 Å². The first-order chi connectivity index (χ1) is 9.58. The molecule has 2 aromatic rings. The summed E-state index contributed by atoms with van der Waals surface area (Å²) in [4.78, 5) is 11.5. The molecule has 0 aliphatic carbocycles. The molecule has 2 rings (SSSR count). The van der Waals surface area contributed by atoms with Gasteiger partial charge in [0.1, 0.15) is 4.84 Å². The van der Waals surface area contributed by atoms with Gasteiger partial charge in [0.25, 0.3) is 5.91 Å². The Labute approximate surface area is 128 Å². The summed E-state index contributed by atoms with van der Waals surface area (Å²) in [6, 6.07) is 16.4. The zero-order valence-electron chi connectivity index (χ0n) is 11.0. The van der Waals surface area contributed by atoms with Crippen molar-refractivity contribution in [3.05, 3.63) is 71.3 Å². The lowest BCUT2D eigenvalue weighted by Gasteiger charge is -2.20. The van der Waals surface area contributed by atoms with Gasteiger partial charge in [-0.1, -0.05) is 48.0 Å². The molecule has 0 radical (unpaired) electrons. The van der Waals surface area contributed by atoms with E-state index in [0.29, 0.717) is 5.56 Å². The summed E-state index contributed by atoms with van der Waals surface area (Å²) in [5.74, 6) is -0.190. The average Bonchev–Trinajstić information content (AvgIpc) is 2.46. The quantitative estimate of drug-likeness (QED) is 0.840. The molecule has 0 bridgehead atoms. The second kappa shape index (κ2) is 6.78. The zero-order valence-corrected chi connectivity index (χ0v) is 12.5. The van der Waals surface area contributed by atoms with Crippen molar-refractivity contribution in [2.24, 2.45) is 0 Å². The van der Waals surface area contributed by atoms with Gasteiger partial charge < -0.3 is 5.32 Å². The summed E-state index contributed by atoms with van der Waals surface area (Å²) in [5, 5.41) is 2.87. The van der Waals surface area contributed by atoms with Gasteiger partial charge in [0.2, 0.25) is 0 Å². The first-order valence-electron chi connectivity index (χ1n) is 6.28. The summed E-state index contributed by atoms with van der Waals surface area (Å²) in [6.07, 6.45) is 0. The van der Waals surface area contributed by atoms with Gasteiger partial charge in [-0.25, -0.2) is 0 Å². The van der Waals surface area contributed by atoms with E-state index in [4.69, 9.17) is 23.2 Å². The predicted octanol–water partition coefficient (Wildman–Crippen LogP) is 4.27. The molecule has 0 unspecified atom stereocenters. The van der Waals surface area contributed by atoms with Gasteiger partial charge in [-0.3, -0.25) is 4.79 Å². The first kappa shape index (κ1) is 14.9. The maximum atomic E-state index is 12.2. The van der Waals surface area contributed by atoms with Crippen LogP contribution in [0.5, 0.6) is 0 Å². The molecule has 0 fully saturated rings. The average molecular weight is 308 g/mol. The van der Waals surface area contributed by atoms with Crippen molar-refractivity contribution in [1.82, 2.24) is 5.32 Å². The van der Waals surface area contributed by atoms with Crippen molar-refractivity contribution in [2.75, 3.05) is 0 Å². The van der Waals surface area contributed by atoms with Crippen molar-refractivity contribution < 1.29 is 4.79 Å². The number of nitrogens with one attached hydrogen (secondary N) is 1. The van der Waals surface area contributed by atoms with Crippen LogP contribution >= 0.6 is 23.2 Å². The molecule has 1 atom stereocenters. The molecule has 0 saturated carbocycles. The molecule has 2 nitrogen and oxygen atoms in total.